The molecule has 0 unspecified atom stereocenters. The molecular weight excluding hydrogens is 347 g/mol. The quantitative estimate of drug-likeness (QED) is 0.663. The number of benzene rings is 2. The molecule has 2 aromatic carbocycles. The van der Waals surface area contributed by atoms with Gasteiger partial charge in [0.15, 0.2) is 6.61 Å². The average molecular weight is 366 g/mol. The van der Waals surface area contributed by atoms with Crippen molar-refractivity contribution in [2.24, 2.45) is 0 Å². The van der Waals surface area contributed by atoms with E-state index < -0.39 is 0 Å². The van der Waals surface area contributed by atoms with Crippen molar-refractivity contribution >= 4 is 5.91 Å². The molecule has 1 N–H and O–H groups in total. The third-order valence-electron chi connectivity index (χ3n) is 3.71. The highest BCUT2D eigenvalue weighted by Gasteiger charge is 2.04. The Morgan fingerprint density at radius 1 is 0.926 bits per heavy atom. The van der Waals surface area contributed by atoms with Crippen LogP contribution in [0.3, 0.4) is 0 Å². The molecule has 0 aliphatic carbocycles. The topological polar surface area (TPSA) is 60.5 Å². The summed E-state index contributed by atoms with van der Waals surface area (Å²) < 4.78 is 23.8. The molecule has 0 fully saturated rings. The van der Waals surface area contributed by atoms with Gasteiger partial charge >= 0.3 is 0 Å². The molecule has 27 heavy (non-hydrogen) atoms. The SMILES string of the molecule is O=C(COc1ccc(F)cc1)NCc1ccc(OCc2ccccn2)cc1. The van der Waals surface area contributed by atoms with E-state index >= 15 is 0 Å². The maximum absolute atomic E-state index is 12.8. The number of pyridine rings is 1. The van der Waals surface area contributed by atoms with Crippen molar-refractivity contribution in [1.82, 2.24) is 10.3 Å². The Morgan fingerprint density at radius 3 is 2.33 bits per heavy atom. The third kappa shape index (κ3) is 6.11. The molecule has 1 aromatic heterocycles. The van der Waals surface area contributed by atoms with E-state index in [4.69, 9.17) is 9.47 Å². The molecule has 3 rings (SSSR count). The van der Waals surface area contributed by atoms with Crippen LogP contribution in [0.25, 0.3) is 0 Å². The summed E-state index contributed by atoms with van der Waals surface area (Å²) in [5, 5.41) is 2.77. The summed E-state index contributed by atoms with van der Waals surface area (Å²) in [5.41, 5.74) is 1.80. The standard InChI is InChI=1S/C21H19FN2O3/c22-17-6-10-20(11-7-17)27-15-21(25)24-13-16-4-8-19(9-5-16)26-14-18-3-1-2-12-23-18/h1-12H,13-15H2,(H,24,25). The van der Waals surface area contributed by atoms with Crippen LogP contribution in [0, 0.1) is 5.82 Å². The van der Waals surface area contributed by atoms with Crippen LogP contribution in [0.4, 0.5) is 4.39 Å². The fourth-order valence-electron chi connectivity index (χ4n) is 2.28. The average Bonchev–Trinajstić information content (AvgIpc) is 2.72. The Bertz CT molecular complexity index is 853. The molecule has 6 heteroatoms. The molecule has 3 aromatic rings. The summed E-state index contributed by atoms with van der Waals surface area (Å²) in [6.45, 7) is 0.653. The summed E-state index contributed by atoms with van der Waals surface area (Å²) in [6.07, 6.45) is 1.73. The molecule has 0 aliphatic heterocycles. The lowest BCUT2D eigenvalue weighted by Crippen LogP contribution is -2.28. The first-order valence-electron chi connectivity index (χ1n) is 8.46. The normalized spacial score (nSPS) is 10.3. The number of amides is 1. The van der Waals surface area contributed by atoms with Gasteiger partial charge in [-0.3, -0.25) is 9.78 Å². The van der Waals surface area contributed by atoms with Crippen molar-refractivity contribution in [3.05, 3.63) is 90.0 Å². The number of hydrogen-bond acceptors (Lipinski definition) is 4. The second-order valence-corrected chi connectivity index (χ2v) is 5.77. The number of nitrogens with zero attached hydrogens (tertiary/aromatic N) is 1. The van der Waals surface area contributed by atoms with E-state index in [1.807, 2.05) is 42.5 Å². The minimum Gasteiger partial charge on any atom is -0.487 e. The lowest BCUT2D eigenvalue weighted by molar-refractivity contribution is -0.123. The van der Waals surface area contributed by atoms with Gasteiger partial charge in [0, 0.05) is 12.7 Å². The van der Waals surface area contributed by atoms with E-state index in [1.165, 1.54) is 24.3 Å². The van der Waals surface area contributed by atoms with Gasteiger partial charge in [-0.25, -0.2) is 4.39 Å². The second kappa shape index (κ2) is 9.33. The summed E-state index contributed by atoms with van der Waals surface area (Å²) in [7, 11) is 0. The number of carbonyl (C=O) groups is 1. The fourth-order valence-corrected chi connectivity index (χ4v) is 2.28. The van der Waals surface area contributed by atoms with Crippen LogP contribution in [0.5, 0.6) is 11.5 Å². The molecule has 0 saturated carbocycles. The second-order valence-electron chi connectivity index (χ2n) is 5.77. The monoisotopic (exact) mass is 366 g/mol. The highest BCUT2D eigenvalue weighted by molar-refractivity contribution is 5.77. The highest BCUT2D eigenvalue weighted by Crippen LogP contribution is 2.14. The molecular formula is C21H19FN2O3. The first-order valence-corrected chi connectivity index (χ1v) is 8.46. The predicted octanol–water partition coefficient (Wildman–Crippen LogP) is 3.49. The lowest BCUT2D eigenvalue weighted by atomic mass is 10.2. The Hall–Kier alpha value is -3.41. The molecule has 0 radical (unpaired) electrons. The Balaban J connectivity index is 1.40. The molecule has 0 bridgehead atoms. The number of aromatic nitrogens is 1. The molecule has 0 spiro atoms. The Kier molecular flexibility index (Phi) is 6.35. The summed E-state index contributed by atoms with van der Waals surface area (Å²) >= 11 is 0. The van der Waals surface area contributed by atoms with Gasteiger partial charge in [-0.2, -0.15) is 0 Å². The number of nitrogens with one attached hydrogen (secondary N) is 1. The minimum atomic E-state index is -0.348. The first-order chi connectivity index (χ1) is 13.2. The number of hydrogen-bond donors (Lipinski definition) is 1. The molecule has 5 nitrogen and oxygen atoms in total. The van der Waals surface area contributed by atoms with Gasteiger partial charge in [-0.15, -0.1) is 0 Å². The first kappa shape index (κ1) is 18.4. The smallest absolute Gasteiger partial charge is 0.258 e. The van der Waals surface area contributed by atoms with E-state index in [0.29, 0.717) is 18.9 Å². The predicted molar refractivity (Wildman–Crippen MR) is 98.8 cm³/mol. The fraction of sp³-hybridized carbons (Fsp3) is 0.143. The van der Waals surface area contributed by atoms with Crippen molar-refractivity contribution in [2.45, 2.75) is 13.2 Å². The van der Waals surface area contributed by atoms with Crippen LogP contribution < -0.4 is 14.8 Å². The van der Waals surface area contributed by atoms with E-state index in [2.05, 4.69) is 10.3 Å². The van der Waals surface area contributed by atoms with Crippen molar-refractivity contribution in [3.8, 4) is 11.5 Å². The van der Waals surface area contributed by atoms with Gasteiger partial charge in [0.2, 0.25) is 0 Å². The summed E-state index contributed by atoms with van der Waals surface area (Å²) in [5.74, 6) is 0.574. The van der Waals surface area contributed by atoms with Crippen LogP contribution >= 0.6 is 0 Å². The molecule has 0 aliphatic rings. The van der Waals surface area contributed by atoms with Crippen molar-refractivity contribution in [2.75, 3.05) is 6.61 Å². The number of ether oxygens (including phenoxy) is 2. The van der Waals surface area contributed by atoms with Crippen LogP contribution in [0.2, 0.25) is 0 Å². The summed E-state index contributed by atoms with van der Waals surface area (Å²) in [4.78, 5) is 16.0. The maximum atomic E-state index is 12.8. The third-order valence-corrected chi connectivity index (χ3v) is 3.71. The summed E-state index contributed by atoms with van der Waals surface area (Å²) in [6, 6.07) is 18.7. The van der Waals surface area contributed by atoms with Crippen molar-refractivity contribution in [1.29, 1.82) is 0 Å². The van der Waals surface area contributed by atoms with Crippen molar-refractivity contribution in [3.63, 3.8) is 0 Å². The van der Waals surface area contributed by atoms with Crippen LogP contribution in [-0.4, -0.2) is 17.5 Å². The maximum Gasteiger partial charge on any atom is 0.258 e. The molecule has 1 heterocycles. The van der Waals surface area contributed by atoms with Gasteiger partial charge in [0.1, 0.15) is 23.9 Å². The van der Waals surface area contributed by atoms with Crippen LogP contribution in [0.15, 0.2) is 72.9 Å². The van der Waals surface area contributed by atoms with Crippen LogP contribution in [-0.2, 0) is 17.9 Å². The van der Waals surface area contributed by atoms with E-state index in [-0.39, 0.29) is 18.3 Å². The zero-order valence-electron chi connectivity index (χ0n) is 14.6. The molecule has 138 valence electrons. The van der Waals surface area contributed by atoms with Crippen molar-refractivity contribution < 1.29 is 18.7 Å². The molecule has 1 amide bonds. The number of carbonyl (C=O) groups excluding carboxylic acids is 1. The Labute approximate surface area is 156 Å². The molecule has 0 saturated heterocycles. The zero-order chi connectivity index (χ0) is 18.9. The lowest BCUT2D eigenvalue weighted by Gasteiger charge is -2.09. The zero-order valence-corrected chi connectivity index (χ0v) is 14.6. The number of rotatable bonds is 8. The van der Waals surface area contributed by atoms with Gasteiger partial charge in [0.05, 0.1) is 5.69 Å². The van der Waals surface area contributed by atoms with E-state index in [1.54, 1.807) is 6.20 Å². The van der Waals surface area contributed by atoms with Crippen LogP contribution in [0.1, 0.15) is 11.3 Å². The van der Waals surface area contributed by atoms with Gasteiger partial charge in [0.25, 0.3) is 5.91 Å². The van der Waals surface area contributed by atoms with Gasteiger partial charge in [-0.05, 0) is 54.1 Å². The highest BCUT2D eigenvalue weighted by atomic mass is 19.1. The van der Waals surface area contributed by atoms with Gasteiger partial charge < -0.3 is 14.8 Å². The minimum absolute atomic E-state index is 0.128. The molecule has 0 atom stereocenters. The Morgan fingerprint density at radius 2 is 1.63 bits per heavy atom. The van der Waals surface area contributed by atoms with E-state index in [0.717, 1.165) is 17.0 Å². The number of halogens is 1. The van der Waals surface area contributed by atoms with E-state index in [9.17, 15) is 9.18 Å². The van der Waals surface area contributed by atoms with Gasteiger partial charge in [-0.1, -0.05) is 18.2 Å². The largest absolute Gasteiger partial charge is 0.487 e.